The van der Waals surface area contributed by atoms with Crippen LogP contribution in [0.25, 0.3) is 0 Å². The smallest absolute Gasteiger partial charge is 0.543 e. The number of carbonyl (C=O) groups is 1. The molecule has 1 N–H and O–H groups in total. The van der Waals surface area contributed by atoms with Crippen molar-refractivity contribution in [3.8, 4) is 0 Å². The fourth-order valence-electron chi connectivity index (χ4n) is 1.42. The van der Waals surface area contributed by atoms with Crippen LogP contribution in [0.4, 0.5) is 10.1 Å². The maximum Gasteiger partial charge on any atom is 1.00 e. The van der Waals surface area contributed by atoms with Gasteiger partial charge >= 0.3 is 29.6 Å². The average Bonchev–Trinajstić information content (AvgIpc) is 2.38. The summed E-state index contributed by atoms with van der Waals surface area (Å²) in [6.45, 7) is 0.353. The molecule has 0 aliphatic rings. The zero-order valence-electron chi connectivity index (χ0n) is 10.3. The van der Waals surface area contributed by atoms with Gasteiger partial charge in [0.1, 0.15) is 11.5 Å². The van der Waals surface area contributed by atoms with Crippen LogP contribution >= 0.6 is 0 Å². The SMILES string of the molecule is O=C([O-])c1nnccc1NCc1ccc(F)cc1.[Na+]. The third-order valence-electron chi connectivity index (χ3n) is 2.31. The summed E-state index contributed by atoms with van der Waals surface area (Å²) in [5, 5.41) is 20.6. The molecule has 0 unspecified atom stereocenters. The zero-order valence-corrected chi connectivity index (χ0v) is 12.3. The van der Waals surface area contributed by atoms with Gasteiger partial charge in [-0.3, -0.25) is 0 Å². The van der Waals surface area contributed by atoms with E-state index in [9.17, 15) is 14.3 Å². The largest absolute Gasteiger partial charge is 1.00 e. The first-order valence-corrected chi connectivity index (χ1v) is 5.18. The maximum absolute atomic E-state index is 12.7. The summed E-state index contributed by atoms with van der Waals surface area (Å²) in [5.74, 6) is -1.72. The van der Waals surface area contributed by atoms with Crippen LogP contribution in [0.3, 0.4) is 0 Å². The molecule has 1 aromatic heterocycles. The van der Waals surface area contributed by atoms with E-state index in [1.807, 2.05) is 0 Å². The second-order valence-corrected chi connectivity index (χ2v) is 3.56. The molecule has 2 aromatic rings. The van der Waals surface area contributed by atoms with Gasteiger partial charge < -0.3 is 15.2 Å². The maximum atomic E-state index is 12.7. The number of benzene rings is 1. The summed E-state index contributed by atoms with van der Waals surface area (Å²) in [4.78, 5) is 10.8. The molecular formula is C12H9FN3NaO2. The Morgan fingerprint density at radius 1 is 1.26 bits per heavy atom. The van der Waals surface area contributed by atoms with E-state index in [2.05, 4.69) is 15.5 Å². The predicted molar refractivity (Wildman–Crippen MR) is 60.1 cm³/mol. The number of carboxylic acids is 1. The van der Waals surface area contributed by atoms with Gasteiger partial charge in [-0.25, -0.2) is 4.39 Å². The van der Waals surface area contributed by atoms with Crippen LogP contribution in [0.2, 0.25) is 0 Å². The van der Waals surface area contributed by atoms with Crippen LogP contribution in [0.5, 0.6) is 0 Å². The van der Waals surface area contributed by atoms with Crippen LogP contribution in [-0.4, -0.2) is 16.2 Å². The fraction of sp³-hybridized carbons (Fsp3) is 0.0833. The van der Waals surface area contributed by atoms with Crippen LogP contribution in [-0.2, 0) is 6.54 Å². The van der Waals surface area contributed by atoms with Gasteiger partial charge in [0.25, 0.3) is 0 Å². The summed E-state index contributed by atoms with van der Waals surface area (Å²) in [5.41, 5.74) is 0.881. The van der Waals surface area contributed by atoms with Crippen molar-refractivity contribution in [2.24, 2.45) is 0 Å². The van der Waals surface area contributed by atoms with Gasteiger partial charge in [-0.15, -0.1) is 5.10 Å². The molecule has 0 atom stereocenters. The molecule has 1 aromatic carbocycles. The first kappa shape index (κ1) is 15.6. The first-order chi connectivity index (χ1) is 8.66. The Labute approximate surface area is 131 Å². The van der Waals surface area contributed by atoms with Crippen molar-refractivity contribution in [3.63, 3.8) is 0 Å². The predicted octanol–water partition coefficient (Wildman–Crippen LogP) is -2.40. The molecule has 0 amide bonds. The van der Waals surface area contributed by atoms with E-state index in [-0.39, 0.29) is 41.1 Å². The van der Waals surface area contributed by atoms with Crippen LogP contribution < -0.4 is 40.0 Å². The Morgan fingerprint density at radius 3 is 2.58 bits per heavy atom. The molecule has 5 nitrogen and oxygen atoms in total. The third kappa shape index (κ3) is 4.27. The Balaban J connectivity index is 0.00000180. The molecule has 92 valence electrons. The van der Waals surface area contributed by atoms with E-state index < -0.39 is 5.97 Å². The van der Waals surface area contributed by atoms with E-state index in [0.29, 0.717) is 12.2 Å². The van der Waals surface area contributed by atoms with Gasteiger partial charge in [0, 0.05) is 6.54 Å². The number of rotatable bonds is 4. The number of carbonyl (C=O) groups excluding carboxylic acids is 1. The van der Waals surface area contributed by atoms with Crippen molar-refractivity contribution in [3.05, 3.63) is 53.6 Å². The Hall–Kier alpha value is -1.50. The van der Waals surface area contributed by atoms with E-state index in [1.165, 1.54) is 24.4 Å². The number of nitrogens with zero attached hydrogens (tertiary/aromatic N) is 2. The third-order valence-corrected chi connectivity index (χ3v) is 2.31. The average molecular weight is 269 g/mol. The summed E-state index contributed by atoms with van der Waals surface area (Å²) in [6.07, 6.45) is 1.37. The number of hydrogen-bond donors (Lipinski definition) is 1. The summed E-state index contributed by atoms with van der Waals surface area (Å²) in [7, 11) is 0. The minimum absolute atomic E-state index is 0. The van der Waals surface area contributed by atoms with E-state index in [1.54, 1.807) is 12.1 Å². The Morgan fingerprint density at radius 2 is 1.95 bits per heavy atom. The number of anilines is 1. The molecule has 1 heterocycles. The van der Waals surface area contributed by atoms with Gasteiger partial charge in [0.15, 0.2) is 0 Å². The number of halogens is 1. The molecule has 2 rings (SSSR count). The second-order valence-electron chi connectivity index (χ2n) is 3.56. The van der Waals surface area contributed by atoms with Crippen molar-refractivity contribution < 1.29 is 43.8 Å². The molecular weight excluding hydrogens is 260 g/mol. The van der Waals surface area contributed by atoms with E-state index >= 15 is 0 Å². The van der Waals surface area contributed by atoms with E-state index in [4.69, 9.17) is 0 Å². The first-order valence-electron chi connectivity index (χ1n) is 5.18. The number of carboxylic acid groups (broad SMARTS) is 1. The van der Waals surface area contributed by atoms with Crippen molar-refractivity contribution in [1.29, 1.82) is 0 Å². The van der Waals surface area contributed by atoms with E-state index in [0.717, 1.165) is 5.56 Å². The minimum atomic E-state index is -1.40. The quantitative estimate of drug-likeness (QED) is 0.626. The van der Waals surface area contributed by atoms with Gasteiger partial charge in [0.05, 0.1) is 17.9 Å². The molecule has 0 saturated heterocycles. The Kier molecular flexibility index (Phi) is 5.88. The number of nitrogens with one attached hydrogen (secondary N) is 1. The number of hydrogen-bond acceptors (Lipinski definition) is 5. The number of aromatic nitrogens is 2. The molecule has 0 bridgehead atoms. The molecule has 0 saturated carbocycles. The summed E-state index contributed by atoms with van der Waals surface area (Å²) in [6, 6.07) is 7.37. The molecule has 0 radical (unpaired) electrons. The van der Waals surface area contributed by atoms with Crippen LogP contribution in [0.15, 0.2) is 36.5 Å². The summed E-state index contributed by atoms with van der Waals surface area (Å²) < 4.78 is 12.7. The molecule has 0 aliphatic carbocycles. The molecule has 19 heavy (non-hydrogen) atoms. The molecule has 0 fully saturated rings. The van der Waals surface area contributed by atoms with Crippen LogP contribution in [0, 0.1) is 5.82 Å². The van der Waals surface area contributed by atoms with Gasteiger partial charge in [-0.05, 0) is 23.8 Å². The van der Waals surface area contributed by atoms with Crippen LogP contribution in [0.1, 0.15) is 16.1 Å². The van der Waals surface area contributed by atoms with Gasteiger partial charge in [0.2, 0.25) is 0 Å². The van der Waals surface area contributed by atoms with Crippen molar-refractivity contribution in [1.82, 2.24) is 10.2 Å². The topological polar surface area (TPSA) is 77.9 Å². The fourth-order valence-corrected chi connectivity index (χ4v) is 1.42. The van der Waals surface area contributed by atoms with Crippen molar-refractivity contribution in [2.45, 2.75) is 6.54 Å². The molecule has 0 spiro atoms. The van der Waals surface area contributed by atoms with Crippen molar-refractivity contribution in [2.75, 3.05) is 5.32 Å². The summed E-state index contributed by atoms with van der Waals surface area (Å²) >= 11 is 0. The molecule has 7 heteroatoms. The van der Waals surface area contributed by atoms with Gasteiger partial charge in [-0.2, -0.15) is 5.10 Å². The Bertz CT molecular complexity index is 563. The molecule has 0 aliphatic heterocycles. The normalized spacial score (nSPS) is 9.53. The monoisotopic (exact) mass is 269 g/mol. The standard InChI is InChI=1S/C12H10FN3O2.Na/c13-9-3-1-8(2-4-9)7-14-10-5-6-15-16-11(10)12(17)18;/h1-6H,7H2,(H,14,15)(H,17,18);/q;+1/p-1. The van der Waals surface area contributed by atoms with Crippen molar-refractivity contribution >= 4 is 11.7 Å². The minimum Gasteiger partial charge on any atom is -0.543 e. The second kappa shape index (κ2) is 7.18. The zero-order chi connectivity index (χ0) is 13.0. The van der Waals surface area contributed by atoms with Gasteiger partial charge in [-0.1, -0.05) is 12.1 Å². The number of aromatic carboxylic acids is 1.